The molecule has 0 unspecified atom stereocenters. The first-order valence-electron chi connectivity index (χ1n) is 6.36. The average molecular weight is 264 g/mol. The molecule has 1 aliphatic rings. The van der Waals surface area contributed by atoms with Crippen molar-refractivity contribution in [3.63, 3.8) is 0 Å². The average Bonchev–Trinajstić information content (AvgIpc) is 2.91. The van der Waals surface area contributed by atoms with E-state index in [0.717, 1.165) is 18.2 Å². The summed E-state index contributed by atoms with van der Waals surface area (Å²) < 4.78 is 0. The van der Waals surface area contributed by atoms with Gasteiger partial charge in [0.25, 0.3) is 0 Å². The molecule has 0 aromatic heterocycles. The van der Waals surface area contributed by atoms with Crippen LogP contribution in [-0.4, -0.2) is 35.0 Å². The fourth-order valence-electron chi connectivity index (χ4n) is 2.11. The summed E-state index contributed by atoms with van der Waals surface area (Å²) >= 11 is 1.79. The largest absolute Gasteiger partial charge is 0.337 e. The van der Waals surface area contributed by atoms with Crippen LogP contribution < -0.4 is 5.32 Å². The van der Waals surface area contributed by atoms with Crippen molar-refractivity contribution in [1.82, 2.24) is 10.2 Å². The van der Waals surface area contributed by atoms with Gasteiger partial charge in [-0.1, -0.05) is 24.3 Å². The lowest BCUT2D eigenvalue weighted by atomic mass is 10.1. The predicted molar refractivity (Wildman–Crippen MR) is 76.5 cm³/mol. The molecule has 1 fully saturated rings. The van der Waals surface area contributed by atoms with Gasteiger partial charge in [-0.15, -0.1) is 11.8 Å². The summed E-state index contributed by atoms with van der Waals surface area (Å²) in [5.74, 6) is 2.01. The zero-order valence-electron chi connectivity index (χ0n) is 11.0. The van der Waals surface area contributed by atoms with Gasteiger partial charge >= 0.3 is 0 Å². The van der Waals surface area contributed by atoms with Crippen LogP contribution in [0.1, 0.15) is 18.1 Å². The summed E-state index contributed by atoms with van der Waals surface area (Å²) in [6.07, 6.45) is 0. The van der Waals surface area contributed by atoms with Crippen molar-refractivity contribution in [3.8, 4) is 0 Å². The summed E-state index contributed by atoms with van der Waals surface area (Å²) in [5.41, 5.74) is 2.48. The zero-order valence-corrected chi connectivity index (χ0v) is 11.8. The minimum atomic E-state index is -0.000955. The number of nitrogens with one attached hydrogen (secondary N) is 1. The number of aryl methyl sites for hydroxylation is 1. The van der Waals surface area contributed by atoms with Crippen LogP contribution in [0, 0.1) is 6.92 Å². The number of rotatable bonds is 4. The Bertz CT molecular complexity index is 416. The second-order valence-corrected chi connectivity index (χ2v) is 5.58. The molecule has 1 saturated heterocycles. The minimum Gasteiger partial charge on any atom is -0.337 e. The van der Waals surface area contributed by atoms with Crippen LogP contribution in [0.4, 0.5) is 0 Å². The van der Waals surface area contributed by atoms with E-state index in [1.807, 2.05) is 24.0 Å². The van der Waals surface area contributed by atoms with Crippen LogP contribution in [0.3, 0.4) is 0 Å². The Labute approximate surface area is 113 Å². The molecule has 98 valence electrons. The fraction of sp³-hybridized carbons (Fsp3) is 0.500. The van der Waals surface area contributed by atoms with Crippen molar-refractivity contribution < 1.29 is 4.79 Å². The molecule has 0 radical (unpaired) electrons. The van der Waals surface area contributed by atoms with Crippen molar-refractivity contribution in [2.24, 2.45) is 0 Å². The smallest absolute Gasteiger partial charge is 0.240 e. The maximum absolute atomic E-state index is 12.3. The van der Waals surface area contributed by atoms with Crippen molar-refractivity contribution in [2.45, 2.75) is 26.4 Å². The van der Waals surface area contributed by atoms with E-state index in [1.165, 1.54) is 11.1 Å². The van der Waals surface area contributed by atoms with Gasteiger partial charge in [-0.25, -0.2) is 0 Å². The third-order valence-corrected chi connectivity index (χ3v) is 4.27. The second kappa shape index (κ2) is 6.25. The molecular weight excluding hydrogens is 244 g/mol. The lowest BCUT2D eigenvalue weighted by Gasteiger charge is -2.24. The van der Waals surface area contributed by atoms with Crippen LogP contribution in [-0.2, 0) is 11.3 Å². The summed E-state index contributed by atoms with van der Waals surface area (Å²) in [4.78, 5) is 14.3. The van der Waals surface area contributed by atoms with Crippen LogP contribution in [0.5, 0.6) is 0 Å². The highest BCUT2D eigenvalue weighted by Crippen LogP contribution is 2.15. The number of carbonyl (C=O) groups is 1. The van der Waals surface area contributed by atoms with Crippen LogP contribution in [0.2, 0.25) is 0 Å². The molecule has 0 aliphatic carbocycles. The molecule has 1 amide bonds. The van der Waals surface area contributed by atoms with E-state index in [-0.39, 0.29) is 11.9 Å². The molecular formula is C14H20N2OS. The number of amides is 1. The van der Waals surface area contributed by atoms with Crippen molar-refractivity contribution in [3.05, 3.63) is 35.4 Å². The Morgan fingerprint density at radius 2 is 2.28 bits per heavy atom. The molecule has 4 heteroatoms. The van der Waals surface area contributed by atoms with Crippen LogP contribution in [0.15, 0.2) is 24.3 Å². The highest BCUT2D eigenvalue weighted by Gasteiger charge is 2.26. The number of likely N-dealkylation sites (N-methyl/N-ethyl adjacent to an activating group) is 1. The van der Waals surface area contributed by atoms with E-state index in [4.69, 9.17) is 0 Å². The maximum Gasteiger partial charge on any atom is 0.240 e. The Balaban J connectivity index is 2.05. The van der Waals surface area contributed by atoms with E-state index >= 15 is 0 Å². The lowest BCUT2D eigenvalue weighted by molar-refractivity contribution is -0.133. The normalized spacial score (nSPS) is 18.9. The molecule has 1 aliphatic heterocycles. The standard InChI is InChI=1S/C14H20N2OS/c1-3-16(14(17)13-9-18-10-15-13)8-12-7-5-4-6-11(12)2/h4-7,13,15H,3,8-10H2,1-2H3/t13-/m1/s1. The van der Waals surface area contributed by atoms with Gasteiger partial charge in [-0.2, -0.15) is 0 Å². The van der Waals surface area contributed by atoms with Crippen molar-refractivity contribution in [1.29, 1.82) is 0 Å². The molecule has 1 aromatic rings. The predicted octanol–water partition coefficient (Wildman–Crippen LogP) is 2.01. The van der Waals surface area contributed by atoms with E-state index in [2.05, 4.69) is 24.4 Å². The number of benzene rings is 1. The molecule has 1 atom stereocenters. The van der Waals surface area contributed by atoms with Gasteiger partial charge in [0.2, 0.25) is 5.91 Å². The zero-order chi connectivity index (χ0) is 13.0. The number of carbonyl (C=O) groups excluding carboxylic acids is 1. The molecule has 0 bridgehead atoms. The summed E-state index contributed by atoms with van der Waals surface area (Å²) in [6.45, 7) is 5.61. The molecule has 2 rings (SSSR count). The summed E-state index contributed by atoms with van der Waals surface area (Å²) in [5, 5.41) is 3.24. The molecule has 1 N–H and O–H groups in total. The minimum absolute atomic E-state index is 0.000955. The number of thioether (sulfide) groups is 1. The topological polar surface area (TPSA) is 32.3 Å². The number of hydrogen-bond acceptors (Lipinski definition) is 3. The molecule has 18 heavy (non-hydrogen) atoms. The van der Waals surface area contributed by atoms with Gasteiger partial charge < -0.3 is 4.90 Å². The third kappa shape index (κ3) is 3.06. The second-order valence-electron chi connectivity index (χ2n) is 4.55. The number of hydrogen-bond donors (Lipinski definition) is 1. The first kappa shape index (κ1) is 13.4. The highest BCUT2D eigenvalue weighted by molar-refractivity contribution is 7.99. The van der Waals surface area contributed by atoms with Gasteiger partial charge in [-0.05, 0) is 25.0 Å². The first-order valence-corrected chi connectivity index (χ1v) is 7.52. The SMILES string of the molecule is CCN(Cc1ccccc1C)C(=O)[C@H]1CSCN1. The molecule has 0 saturated carbocycles. The first-order chi connectivity index (χ1) is 8.72. The quantitative estimate of drug-likeness (QED) is 0.903. The number of nitrogens with zero attached hydrogens (tertiary/aromatic N) is 1. The Morgan fingerprint density at radius 1 is 1.50 bits per heavy atom. The summed E-state index contributed by atoms with van der Waals surface area (Å²) in [7, 11) is 0. The van der Waals surface area contributed by atoms with Gasteiger partial charge in [0.15, 0.2) is 0 Å². The fourth-order valence-corrected chi connectivity index (χ4v) is 3.05. The molecule has 3 nitrogen and oxygen atoms in total. The van der Waals surface area contributed by atoms with E-state index in [9.17, 15) is 4.79 Å². The van der Waals surface area contributed by atoms with Gasteiger partial charge in [0, 0.05) is 24.7 Å². The summed E-state index contributed by atoms with van der Waals surface area (Å²) in [6, 6.07) is 8.26. The van der Waals surface area contributed by atoms with Crippen LogP contribution in [0.25, 0.3) is 0 Å². The van der Waals surface area contributed by atoms with E-state index < -0.39 is 0 Å². The van der Waals surface area contributed by atoms with Crippen LogP contribution >= 0.6 is 11.8 Å². The molecule has 0 spiro atoms. The monoisotopic (exact) mass is 264 g/mol. The highest BCUT2D eigenvalue weighted by atomic mass is 32.2. The van der Waals surface area contributed by atoms with Gasteiger partial charge in [0.05, 0.1) is 6.04 Å². The van der Waals surface area contributed by atoms with E-state index in [0.29, 0.717) is 6.54 Å². The van der Waals surface area contributed by atoms with Crippen molar-refractivity contribution >= 4 is 17.7 Å². The Hall–Kier alpha value is -1.00. The lowest BCUT2D eigenvalue weighted by Crippen LogP contribution is -2.44. The van der Waals surface area contributed by atoms with Crippen molar-refractivity contribution in [2.75, 3.05) is 18.2 Å². The molecule has 1 aromatic carbocycles. The Morgan fingerprint density at radius 3 is 2.89 bits per heavy atom. The third-order valence-electron chi connectivity index (χ3n) is 3.33. The van der Waals surface area contributed by atoms with E-state index in [1.54, 1.807) is 11.8 Å². The van der Waals surface area contributed by atoms with Gasteiger partial charge in [-0.3, -0.25) is 10.1 Å². The van der Waals surface area contributed by atoms with Gasteiger partial charge in [0.1, 0.15) is 0 Å². The maximum atomic E-state index is 12.3. The Kier molecular flexibility index (Phi) is 4.66. The molecule has 1 heterocycles.